The lowest BCUT2D eigenvalue weighted by molar-refractivity contribution is -0.121. The Hall–Kier alpha value is -0.473. The first-order valence-electron chi connectivity index (χ1n) is 10.3. The lowest BCUT2D eigenvalue weighted by Crippen LogP contribution is -2.44. The highest BCUT2D eigenvalue weighted by atomic mass is 28.4. The summed E-state index contributed by atoms with van der Waals surface area (Å²) in [6.45, 7) is 7.03. The van der Waals surface area contributed by atoms with E-state index in [1.807, 2.05) is 0 Å². The molecule has 0 rings (SSSR count). The molecule has 0 saturated carbocycles. The van der Waals surface area contributed by atoms with Crippen LogP contribution in [0.1, 0.15) is 78.6 Å². The second kappa shape index (κ2) is 14.5. The van der Waals surface area contributed by atoms with Crippen LogP contribution in [0.4, 0.5) is 0 Å². The number of nitrogens with one attached hydrogen (secondary N) is 1. The van der Waals surface area contributed by atoms with Gasteiger partial charge in [0.15, 0.2) is 0 Å². The van der Waals surface area contributed by atoms with Crippen LogP contribution in [0, 0.1) is 5.41 Å². The van der Waals surface area contributed by atoms with Crippen molar-refractivity contribution < 1.29 is 23.2 Å². The fourth-order valence-electron chi connectivity index (χ4n) is 3.00. The molecular formula is C20H43NO5Si. The molecule has 1 atom stereocenters. The Bertz CT molecular complexity index is 380. The molecule has 1 unspecified atom stereocenters. The molecule has 0 aromatic heterocycles. The van der Waals surface area contributed by atoms with E-state index in [-0.39, 0.29) is 17.4 Å². The molecule has 0 aromatic carbocycles. The van der Waals surface area contributed by atoms with Crippen molar-refractivity contribution in [2.75, 3.05) is 27.9 Å². The first kappa shape index (κ1) is 26.5. The van der Waals surface area contributed by atoms with E-state index in [4.69, 9.17) is 13.3 Å². The summed E-state index contributed by atoms with van der Waals surface area (Å²) in [6, 6.07) is 0.718. The zero-order chi connectivity index (χ0) is 20.8. The van der Waals surface area contributed by atoms with Crippen LogP contribution in [-0.2, 0) is 18.1 Å². The molecule has 0 fully saturated rings. The third-order valence-corrected chi connectivity index (χ3v) is 7.87. The van der Waals surface area contributed by atoms with E-state index >= 15 is 0 Å². The van der Waals surface area contributed by atoms with Gasteiger partial charge < -0.3 is 23.7 Å². The molecule has 1 amide bonds. The van der Waals surface area contributed by atoms with Gasteiger partial charge in [-0.3, -0.25) is 4.79 Å². The number of rotatable bonds is 17. The third kappa shape index (κ3) is 12.6. The van der Waals surface area contributed by atoms with Gasteiger partial charge in [-0.15, -0.1) is 0 Å². The van der Waals surface area contributed by atoms with Crippen LogP contribution in [0.25, 0.3) is 0 Å². The van der Waals surface area contributed by atoms with Gasteiger partial charge in [-0.1, -0.05) is 46.5 Å². The zero-order valence-electron chi connectivity index (χ0n) is 18.4. The van der Waals surface area contributed by atoms with Crippen molar-refractivity contribution in [3.8, 4) is 0 Å². The van der Waals surface area contributed by atoms with E-state index in [0.29, 0.717) is 13.0 Å². The van der Waals surface area contributed by atoms with Crippen LogP contribution in [0.3, 0.4) is 0 Å². The highest BCUT2D eigenvalue weighted by molar-refractivity contribution is 6.60. The van der Waals surface area contributed by atoms with Gasteiger partial charge >= 0.3 is 8.80 Å². The van der Waals surface area contributed by atoms with Gasteiger partial charge in [-0.2, -0.15) is 0 Å². The molecule has 6 nitrogen and oxygen atoms in total. The molecule has 0 aromatic rings. The number of aliphatic hydroxyl groups excluding tert-OH is 1. The fourth-order valence-corrected chi connectivity index (χ4v) is 5.10. The Morgan fingerprint density at radius 2 is 1.59 bits per heavy atom. The largest absolute Gasteiger partial charge is 0.500 e. The minimum atomic E-state index is -2.57. The predicted molar refractivity (Wildman–Crippen MR) is 112 cm³/mol. The summed E-state index contributed by atoms with van der Waals surface area (Å²) >= 11 is 0. The van der Waals surface area contributed by atoms with E-state index in [1.54, 1.807) is 21.3 Å². The molecule has 0 aliphatic heterocycles. The highest BCUT2D eigenvalue weighted by Crippen LogP contribution is 2.27. The van der Waals surface area contributed by atoms with Crippen LogP contribution in [0.15, 0.2) is 0 Å². The lowest BCUT2D eigenvalue weighted by atomic mass is 9.90. The molecule has 27 heavy (non-hydrogen) atoms. The second-order valence-corrected chi connectivity index (χ2v) is 11.2. The molecule has 162 valence electrons. The van der Waals surface area contributed by atoms with Gasteiger partial charge in [-0.25, -0.2) is 0 Å². The van der Waals surface area contributed by atoms with Crippen molar-refractivity contribution in [1.82, 2.24) is 5.32 Å². The van der Waals surface area contributed by atoms with Crippen LogP contribution in [0.2, 0.25) is 6.04 Å². The van der Waals surface area contributed by atoms with Gasteiger partial charge in [0.2, 0.25) is 5.91 Å². The highest BCUT2D eigenvalue weighted by Gasteiger charge is 2.39. The number of aliphatic hydroxyl groups is 1. The normalized spacial score (nSPS) is 13.6. The Kier molecular flexibility index (Phi) is 14.3. The molecule has 7 heteroatoms. The SMILES string of the molecule is CCCCCC(O)CCCCC(=O)NCC(C)(C)CC[Si](OC)(OC)OC. The third-order valence-electron chi connectivity index (χ3n) is 5.14. The average Bonchev–Trinajstić information content (AvgIpc) is 2.65. The first-order valence-corrected chi connectivity index (χ1v) is 12.3. The van der Waals surface area contributed by atoms with E-state index < -0.39 is 8.80 Å². The minimum Gasteiger partial charge on any atom is -0.393 e. The predicted octanol–water partition coefficient (Wildman–Crippen LogP) is 3.90. The number of hydrogen-bond donors (Lipinski definition) is 2. The van der Waals surface area contributed by atoms with Crippen LogP contribution >= 0.6 is 0 Å². The summed E-state index contributed by atoms with van der Waals surface area (Å²) in [4.78, 5) is 12.1. The Labute approximate surface area is 167 Å². The maximum atomic E-state index is 12.1. The number of unbranched alkanes of at least 4 members (excludes halogenated alkanes) is 3. The molecule has 0 aliphatic rings. The minimum absolute atomic E-state index is 0.0566. The van der Waals surface area contributed by atoms with Gasteiger partial charge in [0.05, 0.1) is 6.10 Å². The Balaban J connectivity index is 3.98. The zero-order valence-corrected chi connectivity index (χ0v) is 19.4. The van der Waals surface area contributed by atoms with Crippen LogP contribution in [-0.4, -0.2) is 53.8 Å². The Morgan fingerprint density at radius 3 is 2.11 bits per heavy atom. The maximum absolute atomic E-state index is 12.1. The summed E-state index contributed by atoms with van der Waals surface area (Å²) in [5, 5.41) is 12.9. The lowest BCUT2D eigenvalue weighted by Gasteiger charge is -2.30. The van der Waals surface area contributed by atoms with Gasteiger partial charge in [0.25, 0.3) is 0 Å². The molecule has 0 radical (unpaired) electrons. The number of hydrogen-bond acceptors (Lipinski definition) is 5. The van der Waals surface area contributed by atoms with Crippen molar-refractivity contribution >= 4 is 14.7 Å². The summed E-state index contributed by atoms with van der Waals surface area (Å²) in [5.74, 6) is 0.0808. The molecular weight excluding hydrogens is 362 g/mol. The van der Waals surface area contributed by atoms with Gasteiger partial charge in [0.1, 0.15) is 0 Å². The molecule has 2 N–H and O–H groups in total. The standard InChI is InChI=1S/C20H43NO5Si/c1-7-8-9-12-18(22)13-10-11-14-19(23)21-17-20(2,3)15-16-27(24-4,25-5)26-6/h18,22H,7-17H2,1-6H3,(H,21,23). The van der Waals surface area contributed by atoms with Crippen molar-refractivity contribution in [2.45, 2.75) is 90.7 Å². The molecule has 0 bridgehead atoms. The van der Waals surface area contributed by atoms with Crippen LogP contribution < -0.4 is 5.32 Å². The van der Waals surface area contributed by atoms with E-state index in [9.17, 15) is 9.90 Å². The van der Waals surface area contributed by atoms with Crippen molar-refractivity contribution in [3.05, 3.63) is 0 Å². The summed E-state index contributed by atoms with van der Waals surface area (Å²) in [5.41, 5.74) is -0.0566. The smallest absolute Gasteiger partial charge is 0.393 e. The summed E-state index contributed by atoms with van der Waals surface area (Å²) in [7, 11) is 2.29. The van der Waals surface area contributed by atoms with Gasteiger partial charge in [-0.05, 0) is 31.1 Å². The van der Waals surface area contributed by atoms with E-state index in [2.05, 4.69) is 26.1 Å². The van der Waals surface area contributed by atoms with E-state index in [0.717, 1.165) is 44.6 Å². The average molecular weight is 406 g/mol. The van der Waals surface area contributed by atoms with Crippen molar-refractivity contribution in [3.63, 3.8) is 0 Å². The first-order chi connectivity index (χ1) is 12.7. The molecule has 0 heterocycles. The number of carbonyl (C=O) groups is 1. The van der Waals surface area contributed by atoms with Crippen molar-refractivity contribution in [2.24, 2.45) is 5.41 Å². The molecule has 0 aliphatic carbocycles. The van der Waals surface area contributed by atoms with Crippen molar-refractivity contribution in [1.29, 1.82) is 0 Å². The fraction of sp³-hybridized carbons (Fsp3) is 0.950. The van der Waals surface area contributed by atoms with E-state index in [1.165, 1.54) is 12.8 Å². The number of carbonyl (C=O) groups excluding carboxylic acids is 1. The monoisotopic (exact) mass is 405 g/mol. The maximum Gasteiger partial charge on any atom is 0.500 e. The summed E-state index contributed by atoms with van der Waals surface area (Å²) < 4.78 is 16.4. The second-order valence-electron chi connectivity index (χ2n) is 8.13. The van der Waals surface area contributed by atoms with Crippen LogP contribution in [0.5, 0.6) is 0 Å². The quantitative estimate of drug-likeness (QED) is 0.283. The molecule has 0 spiro atoms. The number of amides is 1. The summed E-state index contributed by atoms with van der Waals surface area (Å²) in [6.07, 6.45) is 7.98. The topological polar surface area (TPSA) is 77.0 Å². The van der Waals surface area contributed by atoms with Gasteiger partial charge in [0, 0.05) is 40.3 Å². The Morgan fingerprint density at radius 1 is 1.04 bits per heavy atom. The molecule has 0 saturated heterocycles.